The van der Waals surface area contributed by atoms with Crippen molar-refractivity contribution in [3.63, 3.8) is 0 Å². The summed E-state index contributed by atoms with van der Waals surface area (Å²) in [5, 5.41) is 19.8. The molecule has 0 aliphatic heterocycles. The molecule has 0 aromatic carbocycles. The van der Waals surface area contributed by atoms with Gasteiger partial charge in [-0.1, -0.05) is 0 Å². The van der Waals surface area contributed by atoms with Gasteiger partial charge in [0, 0.05) is 0 Å². The van der Waals surface area contributed by atoms with Gasteiger partial charge in [0.05, 0.1) is 19.3 Å². The van der Waals surface area contributed by atoms with Gasteiger partial charge in [0.15, 0.2) is 0 Å². The Kier molecular flexibility index (Phi) is 4.20. The Balaban J connectivity index is 2.97. The van der Waals surface area contributed by atoms with E-state index in [1.54, 1.807) is 0 Å². The van der Waals surface area contributed by atoms with E-state index in [2.05, 4.69) is 5.32 Å². The van der Waals surface area contributed by atoms with E-state index in [4.69, 9.17) is 10.2 Å². The summed E-state index contributed by atoms with van der Waals surface area (Å²) in [5.41, 5.74) is 0. The molecule has 0 bridgehead atoms. The van der Waals surface area contributed by atoms with Crippen LogP contribution in [-0.2, 0) is 4.79 Å². The lowest BCUT2D eigenvalue weighted by atomic mass is 10.4. The standard InChI is InChI=1S/C4H8NO3/c6-2-4(8)1-5-3-7/h3-4,6,8H,1-2H2. The van der Waals surface area contributed by atoms with Crippen molar-refractivity contribution in [2.75, 3.05) is 13.2 Å². The minimum absolute atomic E-state index is 0.0139. The van der Waals surface area contributed by atoms with Crippen molar-refractivity contribution in [1.82, 2.24) is 5.32 Å². The molecule has 0 rings (SSSR count). The van der Waals surface area contributed by atoms with Crippen LogP contribution in [0.5, 0.6) is 0 Å². The van der Waals surface area contributed by atoms with Crippen LogP contribution in [0.2, 0.25) is 0 Å². The molecule has 1 radical (unpaired) electrons. The fraction of sp³-hybridized carbons (Fsp3) is 0.750. The Bertz CT molecular complexity index is 66.3. The van der Waals surface area contributed by atoms with Crippen molar-refractivity contribution in [3.8, 4) is 0 Å². The average molecular weight is 118 g/mol. The maximum atomic E-state index is 9.47. The van der Waals surface area contributed by atoms with Gasteiger partial charge in [-0.25, -0.2) is 0 Å². The summed E-state index contributed by atoms with van der Waals surface area (Å²) >= 11 is 0. The highest BCUT2D eigenvalue weighted by atomic mass is 16.3. The van der Waals surface area contributed by atoms with Crippen LogP contribution in [0.15, 0.2) is 0 Å². The number of hydrogen-bond acceptors (Lipinski definition) is 3. The molecule has 2 N–H and O–H groups in total. The first kappa shape index (κ1) is 7.39. The van der Waals surface area contributed by atoms with Crippen LogP contribution in [0.4, 0.5) is 0 Å². The van der Waals surface area contributed by atoms with Crippen LogP contribution < -0.4 is 5.32 Å². The first-order valence-electron chi connectivity index (χ1n) is 2.20. The predicted molar refractivity (Wildman–Crippen MR) is 26.2 cm³/mol. The smallest absolute Gasteiger partial charge is 0.228 e. The second kappa shape index (κ2) is 4.55. The van der Waals surface area contributed by atoms with Gasteiger partial charge in [-0.3, -0.25) is 10.1 Å². The minimum Gasteiger partial charge on any atom is -0.394 e. The zero-order valence-electron chi connectivity index (χ0n) is 4.32. The largest absolute Gasteiger partial charge is 0.394 e. The number of carbonyl (C=O) groups is 1. The molecule has 0 fully saturated rings. The zero-order valence-corrected chi connectivity index (χ0v) is 4.32. The molecule has 1 atom stereocenters. The Morgan fingerprint density at radius 3 is 2.75 bits per heavy atom. The van der Waals surface area contributed by atoms with Gasteiger partial charge in [0.2, 0.25) is 6.41 Å². The van der Waals surface area contributed by atoms with Gasteiger partial charge < -0.3 is 10.2 Å². The van der Waals surface area contributed by atoms with Gasteiger partial charge in [-0.15, -0.1) is 0 Å². The normalized spacial score (nSPS) is 12.8. The molecule has 4 nitrogen and oxygen atoms in total. The lowest BCUT2D eigenvalue weighted by Gasteiger charge is -2.00. The molecule has 8 heavy (non-hydrogen) atoms. The Morgan fingerprint density at radius 2 is 2.38 bits per heavy atom. The predicted octanol–water partition coefficient (Wildman–Crippen LogP) is -1.90. The van der Waals surface area contributed by atoms with E-state index in [1.165, 1.54) is 0 Å². The van der Waals surface area contributed by atoms with Gasteiger partial charge in [-0.2, -0.15) is 0 Å². The summed E-state index contributed by atoms with van der Waals surface area (Å²) < 4.78 is 0. The lowest BCUT2D eigenvalue weighted by Crippen LogP contribution is -2.23. The summed E-state index contributed by atoms with van der Waals surface area (Å²) in [4.78, 5) is 9.47. The summed E-state index contributed by atoms with van der Waals surface area (Å²) in [6, 6.07) is 0. The van der Waals surface area contributed by atoms with Crippen molar-refractivity contribution in [2.45, 2.75) is 6.10 Å². The van der Waals surface area contributed by atoms with E-state index in [9.17, 15) is 4.79 Å². The van der Waals surface area contributed by atoms with Gasteiger partial charge in [0.25, 0.3) is 0 Å². The Hall–Kier alpha value is -0.610. The Labute approximate surface area is 47.1 Å². The zero-order chi connectivity index (χ0) is 6.41. The monoisotopic (exact) mass is 118 g/mol. The fourth-order valence-electron chi connectivity index (χ4n) is 0.222. The number of rotatable bonds is 4. The molecule has 0 aromatic heterocycles. The molecule has 47 valence electrons. The number of nitrogens with zero attached hydrogens (tertiary/aromatic N) is 1. The maximum Gasteiger partial charge on any atom is 0.228 e. The average Bonchev–Trinajstić information content (AvgIpc) is 1.83. The molecule has 0 heterocycles. The van der Waals surface area contributed by atoms with Crippen molar-refractivity contribution in [3.05, 3.63) is 0 Å². The molecule has 0 aliphatic carbocycles. The van der Waals surface area contributed by atoms with E-state index in [0.717, 1.165) is 0 Å². The number of amides is 1. The highest BCUT2D eigenvalue weighted by Gasteiger charge is 1.98. The molecule has 1 amide bonds. The van der Waals surface area contributed by atoms with Gasteiger partial charge in [0.1, 0.15) is 0 Å². The third-order valence-corrected chi connectivity index (χ3v) is 0.601. The van der Waals surface area contributed by atoms with E-state index in [1.807, 2.05) is 0 Å². The highest BCUT2D eigenvalue weighted by molar-refractivity contribution is 5.45. The fourth-order valence-corrected chi connectivity index (χ4v) is 0.222. The number of aliphatic hydroxyl groups is 2. The van der Waals surface area contributed by atoms with E-state index in [-0.39, 0.29) is 13.2 Å². The molecule has 0 aliphatic rings. The quantitative estimate of drug-likeness (QED) is 0.423. The van der Waals surface area contributed by atoms with Crippen LogP contribution >= 0.6 is 0 Å². The van der Waals surface area contributed by atoms with E-state index >= 15 is 0 Å². The van der Waals surface area contributed by atoms with Gasteiger partial charge >= 0.3 is 0 Å². The minimum atomic E-state index is -0.889. The number of hydrogen-bond donors (Lipinski definition) is 2. The third-order valence-electron chi connectivity index (χ3n) is 0.601. The first-order chi connectivity index (χ1) is 3.81. The molecular weight excluding hydrogens is 110 g/mol. The van der Waals surface area contributed by atoms with E-state index < -0.39 is 6.10 Å². The summed E-state index contributed by atoms with van der Waals surface area (Å²) in [6.07, 6.45) is -0.543. The number of carbonyl (C=O) groups excluding carboxylic acids is 1. The molecule has 0 aromatic rings. The number of aliphatic hydroxyl groups excluding tert-OH is 2. The topological polar surface area (TPSA) is 71.6 Å². The van der Waals surface area contributed by atoms with Gasteiger partial charge in [-0.05, 0) is 0 Å². The summed E-state index contributed by atoms with van der Waals surface area (Å²) in [6.45, 7) is -0.364. The molecule has 0 saturated heterocycles. The van der Waals surface area contributed by atoms with Crippen LogP contribution in [0.25, 0.3) is 0 Å². The second-order valence-corrected chi connectivity index (χ2v) is 1.31. The third kappa shape index (κ3) is 3.58. The summed E-state index contributed by atoms with van der Waals surface area (Å²) in [5.74, 6) is 0. The van der Waals surface area contributed by atoms with Crippen molar-refractivity contribution in [1.29, 1.82) is 0 Å². The van der Waals surface area contributed by atoms with Crippen molar-refractivity contribution < 1.29 is 15.0 Å². The molecule has 1 unspecified atom stereocenters. The van der Waals surface area contributed by atoms with Crippen LogP contribution in [-0.4, -0.2) is 35.9 Å². The van der Waals surface area contributed by atoms with Crippen LogP contribution in [0.1, 0.15) is 0 Å². The van der Waals surface area contributed by atoms with Crippen LogP contribution in [0, 0.1) is 0 Å². The molecule has 4 heteroatoms. The van der Waals surface area contributed by atoms with E-state index in [0.29, 0.717) is 6.41 Å². The molecule has 0 spiro atoms. The van der Waals surface area contributed by atoms with Crippen molar-refractivity contribution >= 4 is 6.41 Å². The summed E-state index contributed by atoms with van der Waals surface area (Å²) in [7, 11) is 0. The highest BCUT2D eigenvalue weighted by Crippen LogP contribution is 1.74. The molecular formula is C4H8NO3. The van der Waals surface area contributed by atoms with Crippen molar-refractivity contribution in [2.24, 2.45) is 0 Å². The SMILES string of the molecule is O=C[N]CC(O)CO. The molecule has 0 saturated carbocycles. The Morgan fingerprint density at radius 1 is 1.75 bits per heavy atom. The maximum absolute atomic E-state index is 9.47. The lowest BCUT2D eigenvalue weighted by molar-refractivity contribution is -0.110. The first-order valence-corrected chi connectivity index (χ1v) is 2.20. The second-order valence-electron chi connectivity index (χ2n) is 1.31. The van der Waals surface area contributed by atoms with Crippen LogP contribution in [0.3, 0.4) is 0 Å².